The summed E-state index contributed by atoms with van der Waals surface area (Å²) in [7, 11) is 0. The van der Waals surface area contributed by atoms with E-state index in [1.165, 1.54) is 0 Å². The summed E-state index contributed by atoms with van der Waals surface area (Å²) in [5.74, 6) is 1.15. The zero-order valence-electron chi connectivity index (χ0n) is 7.96. The molecule has 0 fully saturated rings. The van der Waals surface area contributed by atoms with Crippen LogP contribution in [0.4, 0.5) is 4.79 Å². The summed E-state index contributed by atoms with van der Waals surface area (Å²) >= 11 is 0. The number of nitrogens with one attached hydrogen (secondary N) is 2. The van der Waals surface area contributed by atoms with Crippen molar-refractivity contribution in [1.82, 2.24) is 10.8 Å². The van der Waals surface area contributed by atoms with Gasteiger partial charge in [-0.05, 0) is 13.8 Å². The number of hydrogen-bond donors (Lipinski definition) is 3. The van der Waals surface area contributed by atoms with Crippen molar-refractivity contribution in [2.24, 2.45) is 0 Å². The number of carbonyl (C=O) groups excluding carboxylic acids is 1. The first kappa shape index (κ1) is 12.3. The van der Waals surface area contributed by atoms with Crippen molar-refractivity contribution < 1.29 is 19.5 Å². The molecule has 2 amide bonds. The number of hydrogen-bond acceptors (Lipinski definition) is 3. The number of carbonyl (C=O) groups is 2. The van der Waals surface area contributed by atoms with Gasteiger partial charge in [-0.3, -0.25) is 4.84 Å². The van der Waals surface area contributed by atoms with E-state index in [1.807, 2.05) is 5.48 Å². The van der Waals surface area contributed by atoms with Gasteiger partial charge in [0.05, 0.1) is 5.54 Å². The fourth-order valence-electron chi connectivity index (χ4n) is 0.509. The Morgan fingerprint density at radius 2 is 2.14 bits per heavy atom. The normalized spacial score (nSPS) is 10.1. The minimum Gasteiger partial charge on any atom is -0.479 e. The van der Waals surface area contributed by atoms with Crippen LogP contribution in [0.5, 0.6) is 0 Å². The molecule has 0 spiro atoms. The number of hydroxylamine groups is 1. The third-order valence-corrected chi connectivity index (χ3v) is 1.15. The largest absolute Gasteiger partial charge is 0.479 e. The molecular weight excluding hydrogens is 188 g/mol. The molecule has 6 heteroatoms. The highest BCUT2D eigenvalue weighted by atomic mass is 16.7. The van der Waals surface area contributed by atoms with Gasteiger partial charge in [0.15, 0.2) is 6.61 Å². The molecule has 14 heavy (non-hydrogen) atoms. The number of urea groups is 1. The summed E-state index contributed by atoms with van der Waals surface area (Å²) in [6.45, 7) is 2.62. The van der Waals surface area contributed by atoms with Crippen molar-refractivity contribution in [3.63, 3.8) is 0 Å². The fraction of sp³-hybridized carbons (Fsp3) is 0.500. The van der Waals surface area contributed by atoms with E-state index in [1.54, 1.807) is 13.8 Å². The third kappa shape index (κ3) is 5.85. The maximum atomic E-state index is 11.0. The van der Waals surface area contributed by atoms with Crippen LogP contribution >= 0.6 is 0 Å². The summed E-state index contributed by atoms with van der Waals surface area (Å²) < 4.78 is 0. The Hall–Kier alpha value is -1.74. The van der Waals surface area contributed by atoms with E-state index in [0.717, 1.165) is 0 Å². The summed E-state index contributed by atoms with van der Waals surface area (Å²) in [6, 6.07) is -0.686. The van der Waals surface area contributed by atoms with Crippen LogP contribution in [-0.4, -0.2) is 29.3 Å². The number of carboxylic acids is 1. The molecule has 0 aromatic rings. The second kappa shape index (κ2) is 5.09. The standard InChI is InChI=1S/C8H12N2O4/c1-4-8(2,3)9-7(13)10-14-5-6(11)12/h1H,5H2,2-3H3,(H,11,12)(H2,9,10,13). The van der Waals surface area contributed by atoms with E-state index >= 15 is 0 Å². The highest BCUT2D eigenvalue weighted by molar-refractivity contribution is 5.74. The van der Waals surface area contributed by atoms with E-state index in [-0.39, 0.29) is 0 Å². The number of rotatable bonds is 4. The number of amides is 2. The van der Waals surface area contributed by atoms with Crippen LogP contribution in [0, 0.1) is 12.3 Å². The van der Waals surface area contributed by atoms with E-state index in [0.29, 0.717) is 0 Å². The van der Waals surface area contributed by atoms with Crippen molar-refractivity contribution >= 4 is 12.0 Å². The van der Waals surface area contributed by atoms with E-state index < -0.39 is 24.1 Å². The molecule has 0 saturated carbocycles. The lowest BCUT2D eigenvalue weighted by molar-refractivity contribution is -0.144. The third-order valence-electron chi connectivity index (χ3n) is 1.15. The monoisotopic (exact) mass is 200 g/mol. The molecule has 0 heterocycles. The second-order valence-corrected chi connectivity index (χ2v) is 3.01. The molecule has 78 valence electrons. The molecule has 0 aliphatic heterocycles. The van der Waals surface area contributed by atoms with Crippen molar-refractivity contribution in [1.29, 1.82) is 0 Å². The van der Waals surface area contributed by atoms with Crippen molar-refractivity contribution in [3.8, 4) is 12.3 Å². The van der Waals surface area contributed by atoms with Gasteiger partial charge in [-0.2, -0.15) is 0 Å². The maximum absolute atomic E-state index is 11.0. The number of aliphatic carboxylic acids is 1. The van der Waals surface area contributed by atoms with E-state index in [2.05, 4.69) is 16.1 Å². The highest BCUT2D eigenvalue weighted by Crippen LogP contribution is 1.97. The predicted octanol–water partition coefficient (Wildman–Crippen LogP) is -0.286. The first-order valence-corrected chi connectivity index (χ1v) is 3.77. The first-order chi connectivity index (χ1) is 6.37. The molecule has 0 aromatic carbocycles. The first-order valence-electron chi connectivity index (χ1n) is 3.77. The number of terminal acetylenes is 1. The van der Waals surface area contributed by atoms with Crippen molar-refractivity contribution in [2.45, 2.75) is 19.4 Å². The molecular formula is C8H12N2O4. The average Bonchev–Trinajstić information content (AvgIpc) is 2.02. The van der Waals surface area contributed by atoms with Gasteiger partial charge in [-0.25, -0.2) is 15.1 Å². The molecule has 0 unspecified atom stereocenters. The summed E-state index contributed by atoms with van der Waals surface area (Å²) in [6.07, 6.45) is 5.10. The van der Waals surface area contributed by atoms with Gasteiger partial charge >= 0.3 is 12.0 Å². The lowest BCUT2D eigenvalue weighted by atomic mass is 10.1. The zero-order chi connectivity index (χ0) is 11.2. The summed E-state index contributed by atoms with van der Waals surface area (Å²) in [4.78, 5) is 25.3. The Bertz CT molecular complexity index is 267. The predicted molar refractivity (Wildman–Crippen MR) is 48.2 cm³/mol. The Balaban J connectivity index is 3.78. The summed E-state index contributed by atoms with van der Waals surface area (Å²) in [5.41, 5.74) is 1.07. The van der Waals surface area contributed by atoms with Crippen molar-refractivity contribution in [2.75, 3.05) is 6.61 Å². The van der Waals surface area contributed by atoms with Gasteiger partial charge in [-0.15, -0.1) is 6.42 Å². The average molecular weight is 200 g/mol. The van der Waals surface area contributed by atoms with Gasteiger partial charge in [0.2, 0.25) is 0 Å². The zero-order valence-corrected chi connectivity index (χ0v) is 7.96. The van der Waals surface area contributed by atoms with Crippen LogP contribution in [0.3, 0.4) is 0 Å². The molecule has 0 bridgehead atoms. The SMILES string of the molecule is C#CC(C)(C)NC(=O)NOCC(=O)O. The molecule has 6 nitrogen and oxygen atoms in total. The Kier molecular flexibility index (Phi) is 4.46. The van der Waals surface area contributed by atoms with E-state index in [9.17, 15) is 9.59 Å². The second-order valence-electron chi connectivity index (χ2n) is 3.01. The lowest BCUT2D eigenvalue weighted by Gasteiger charge is -2.19. The smallest absolute Gasteiger partial charge is 0.339 e. The van der Waals surface area contributed by atoms with E-state index in [4.69, 9.17) is 11.5 Å². The number of carboxylic acid groups (broad SMARTS) is 1. The minimum atomic E-state index is -1.18. The molecule has 0 rings (SSSR count). The van der Waals surface area contributed by atoms with Crippen LogP contribution in [0.25, 0.3) is 0 Å². The molecule has 0 aliphatic rings. The van der Waals surface area contributed by atoms with Gasteiger partial charge in [-0.1, -0.05) is 5.92 Å². The fourth-order valence-corrected chi connectivity index (χ4v) is 0.509. The minimum absolute atomic E-state index is 0.607. The quantitative estimate of drug-likeness (QED) is 0.430. The van der Waals surface area contributed by atoms with Gasteiger partial charge in [0, 0.05) is 0 Å². The van der Waals surface area contributed by atoms with Gasteiger partial charge in [0.25, 0.3) is 0 Å². The molecule has 0 atom stereocenters. The molecule has 0 aliphatic carbocycles. The van der Waals surface area contributed by atoms with Gasteiger partial charge in [0.1, 0.15) is 0 Å². The Morgan fingerprint density at radius 3 is 2.57 bits per heavy atom. The molecule has 3 N–H and O–H groups in total. The Labute approximate surface area is 81.6 Å². The van der Waals surface area contributed by atoms with Crippen LogP contribution in [-0.2, 0) is 9.63 Å². The van der Waals surface area contributed by atoms with Gasteiger partial charge < -0.3 is 10.4 Å². The lowest BCUT2D eigenvalue weighted by Crippen LogP contribution is -2.47. The topological polar surface area (TPSA) is 87.7 Å². The van der Waals surface area contributed by atoms with Crippen LogP contribution in [0.1, 0.15) is 13.8 Å². The van der Waals surface area contributed by atoms with Crippen LogP contribution in [0.15, 0.2) is 0 Å². The molecule has 0 saturated heterocycles. The molecule has 0 radical (unpaired) electrons. The van der Waals surface area contributed by atoms with Crippen molar-refractivity contribution in [3.05, 3.63) is 0 Å². The van der Waals surface area contributed by atoms with Crippen LogP contribution < -0.4 is 10.8 Å². The molecule has 0 aromatic heterocycles. The summed E-state index contributed by atoms with van der Waals surface area (Å²) in [5, 5.41) is 10.6. The maximum Gasteiger partial charge on any atom is 0.339 e. The Morgan fingerprint density at radius 1 is 1.57 bits per heavy atom. The highest BCUT2D eigenvalue weighted by Gasteiger charge is 2.16. The van der Waals surface area contributed by atoms with Crippen LogP contribution in [0.2, 0.25) is 0 Å².